The van der Waals surface area contributed by atoms with E-state index in [-0.39, 0.29) is 0 Å². The van der Waals surface area contributed by atoms with Crippen LogP contribution in [0.1, 0.15) is 38.2 Å². The predicted octanol–water partition coefficient (Wildman–Crippen LogP) is 3.78. The van der Waals surface area contributed by atoms with Crippen molar-refractivity contribution in [3.63, 3.8) is 0 Å². The van der Waals surface area contributed by atoms with Crippen LogP contribution >= 0.6 is 0 Å². The van der Waals surface area contributed by atoms with E-state index in [0.29, 0.717) is 11.7 Å². The summed E-state index contributed by atoms with van der Waals surface area (Å²) in [6, 6.07) is 7.61. The molecule has 18 heavy (non-hydrogen) atoms. The van der Waals surface area contributed by atoms with E-state index < -0.39 is 0 Å². The number of hydrogen-bond donors (Lipinski definition) is 1. The molecule has 2 nitrogen and oxygen atoms in total. The highest BCUT2D eigenvalue weighted by Gasteiger charge is 2.16. The van der Waals surface area contributed by atoms with Crippen molar-refractivity contribution in [2.24, 2.45) is 0 Å². The standard InChI is InChI=1S/C16H25NO/c1-5-7-13(6-2)16(12-17(3)4)14-8-10-15(18)11-9-14/h6,8-11,16,18H,5,7,12H2,1-4H3/b13-6+. The minimum Gasteiger partial charge on any atom is -0.508 e. The summed E-state index contributed by atoms with van der Waals surface area (Å²) in [5.41, 5.74) is 2.76. The second-order valence-corrected chi connectivity index (χ2v) is 5.02. The van der Waals surface area contributed by atoms with Crippen LogP contribution in [0.3, 0.4) is 0 Å². The van der Waals surface area contributed by atoms with E-state index in [1.165, 1.54) is 17.6 Å². The maximum absolute atomic E-state index is 9.39. The topological polar surface area (TPSA) is 23.5 Å². The van der Waals surface area contributed by atoms with Gasteiger partial charge < -0.3 is 10.0 Å². The van der Waals surface area contributed by atoms with Crippen LogP contribution in [0.2, 0.25) is 0 Å². The Labute approximate surface area is 111 Å². The summed E-state index contributed by atoms with van der Waals surface area (Å²) in [5.74, 6) is 0.755. The number of likely N-dealkylation sites (N-methyl/N-ethyl adjacent to an activating group) is 1. The van der Waals surface area contributed by atoms with Crippen LogP contribution in [-0.4, -0.2) is 30.6 Å². The SMILES string of the molecule is C/C=C(\CCC)C(CN(C)C)c1ccc(O)cc1. The molecule has 1 N–H and O–H groups in total. The van der Waals surface area contributed by atoms with Crippen LogP contribution in [0.25, 0.3) is 0 Å². The molecule has 0 saturated carbocycles. The molecule has 0 bridgehead atoms. The third-order valence-corrected chi connectivity index (χ3v) is 3.20. The number of hydrogen-bond acceptors (Lipinski definition) is 2. The van der Waals surface area contributed by atoms with Gasteiger partial charge in [-0.1, -0.05) is 37.1 Å². The van der Waals surface area contributed by atoms with Crippen molar-refractivity contribution >= 4 is 0 Å². The predicted molar refractivity (Wildman–Crippen MR) is 78.1 cm³/mol. The number of allylic oxidation sites excluding steroid dienone is 1. The van der Waals surface area contributed by atoms with Crippen molar-refractivity contribution in [2.45, 2.75) is 32.6 Å². The molecule has 1 aromatic rings. The lowest BCUT2D eigenvalue weighted by molar-refractivity contribution is 0.386. The van der Waals surface area contributed by atoms with E-state index in [0.717, 1.165) is 13.0 Å². The van der Waals surface area contributed by atoms with Crippen LogP contribution in [0, 0.1) is 0 Å². The van der Waals surface area contributed by atoms with Crippen LogP contribution in [0.5, 0.6) is 5.75 Å². The first-order valence-electron chi connectivity index (χ1n) is 6.67. The third kappa shape index (κ3) is 4.19. The zero-order valence-corrected chi connectivity index (χ0v) is 12.0. The quantitative estimate of drug-likeness (QED) is 0.773. The zero-order valence-electron chi connectivity index (χ0n) is 12.0. The molecule has 1 atom stereocenters. The second-order valence-electron chi connectivity index (χ2n) is 5.02. The third-order valence-electron chi connectivity index (χ3n) is 3.20. The summed E-state index contributed by atoms with van der Waals surface area (Å²) in [7, 11) is 4.21. The maximum Gasteiger partial charge on any atom is 0.115 e. The van der Waals surface area contributed by atoms with Gasteiger partial charge in [0.2, 0.25) is 0 Å². The lowest BCUT2D eigenvalue weighted by Crippen LogP contribution is -2.21. The molecule has 0 amide bonds. The first-order chi connectivity index (χ1) is 8.58. The molecule has 1 aromatic carbocycles. The molecular formula is C16H25NO. The van der Waals surface area contributed by atoms with Crippen molar-refractivity contribution in [3.05, 3.63) is 41.5 Å². The molecule has 100 valence electrons. The largest absolute Gasteiger partial charge is 0.508 e. The Balaban J connectivity index is 3.00. The van der Waals surface area contributed by atoms with Crippen molar-refractivity contribution in [1.82, 2.24) is 4.90 Å². The Bertz CT molecular complexity index is 379. The van der Waals surface area contributed by atoms with Gasteiger partial charge >= 0.3 is 0 Å². The summed E-state index contributed by atoms with van der Waals surface area (Å²) in [4.78, 5) is 2.22. The van der Waals surface area contributed by atoms with E-state index in [4.69, 9.17) is 0 Å². The Morgan fingerprint density at radius 3 is 2.33 bits per heavy atom. The molecule has 1 rings (SSSR count). The Hall–Kier alpha value is -1.28. The second kappa shape index (κ2) is 7.22. The highest BCUT2D eigenvalue weighted by Crippen LogP contribution is 2.29. The van der Waals surface area contributed by atoms with Gasteiger partial charge in [0.25, 0.3) is 0 Å². The Kier molecular flexibility index (Phi) is 5.93. The zero-order chi connectivity index (χ0) is 13.5. The number of aromatic hydroxyl groups is 1. The number of phenols is 1. The molecule has 0 radical (unpaired) electrons. The molecular weight excluding hydrogens is 222 g/mol. The lowest BCUT2D eigenvalue weighted by Gasteiger charge is -2.24. The average molecular weight is 247 g/mol. The van der Waals surface area contributed by atoms with Gasteiger partial charge in [-0.2, -0.15) is 0 Å². The summed E-state index contributed by atoms with van der Waals surface area (Å²) >= 11 is 0. The van der Waals surface area contributed by atoms with E-state index >= 15 is 0 Å². The van der Waals surface area contributed by atoms with E-state index in [1.54, 1.807) is 12.1 Å². The Morgan fingerprint density at radius 1 is 1.28 bits per heavy atom. The Morgan fingerprint density at radius 2 is 1.89 bits per heavy atom. The fraction of sp³-hybridized carbons (Fsp3) is 0.500. The first kappa shape index (κ1) is 14.8. The highest BCUT2D eigenvalue weighted by molar-refractivity contribution is 5.33. The van der Waals surface area contributed by atoms with Gasteiger partial charge in [0, 0.05) is 12.5 Å². The normalized spacial score (nSPS) is 13.9. The van der Waals surface area contributed by atoms with Crippen molar-refractivity contribution in [2.75, 3.05) is 20.6 Å². The monoisotopic (exact) mass is 247 g/mol. The maximum atomic E-state index is 9.39. The molecule has 0 fully saturated rings. The van der Waals surface area contributed by atoms with Crippen LogP contribution < -0.4 is 0 Å². The van der Waals surface area contributed by atoms with Crippen LogP contribution in [0.4, 0.5) is 0 Å². The van der Waals surface area contributed by atoms with E-state index in [2.05, 4.69) is 38.9 Å². The highest BCUT2D eigenvalue weighted by atomic mass is 16.3. The van der Waals surface area contributed by atoms with Crippen molar-refractivity contribution in [3.8, 4) is 5.75 Å². The fourth-order valence-corrected chi connectivity index (χ4v) is 2.32. The van der Waals surface area contributed by atoms with Crippen molar-refractivity contribution < 1.29 is 5.11 Å². The van der Waals surface area contributed by atoms with Crippen LogP contribution in [0.15, 0.2) is 35.9 Å². The molecule has 0 heterocycles. The molecule has 0 spiro atoms. The summed E-state index contributed by atoms with van der Waals surface area (Å²) in [6.45, 7) is 5.34. The summed E-state index contributed by atoms with van der Waals surface area (Å²) in [5, 5.41) is 9.39. The average Bonchev–Trinajstić information content (AvgIpc) is 2.34. The van der Waals surface area contributed by atoms with Gasteiger partial charge in [0.1, 0.15) is 5.75 Å². The molecule has 0 aliphatic rings. The van der Waals surface area contributed by atoms with Crippen molar-refractivity contribution in [1.29, 1.82) is 0 Å². The molecule has 0 aliphatic heterocycles. The van der Waals surface area contributed by atoms with E-state index in [1.807, 2.05) is 12.1 Å². The lowest BCUT2D eigenvalue weighted by atomic mass is 9.88. The number of rotatable bonds is 6. The van der Waals surface area contributed by atoms with Gasteiger partial charge in [-0.15, -0.1) is 0 Å². The van der Waals surface area contributed by atoms with Gasteiger partial charge in [0.15, 0.2) is 0 Å². The summed E-state index contributed by atoms with van der Waals surface area (Å²) in [6.07, 6.45) is 4.54. The molecule has 0 aliphatic carbocycles. The van der Waals surface area contributed by atoms with Gasteiger partial charge in [-0.25, -0.2) is 0 Å². The molecule has 1 unspecified atom stereocenters. The van der Waals surface area contributed by atoms with Gasteiger partial charge in [-0.3, -0.25) is 0 Å². The minimum absolute atomic E-state index is 0.333. The van der Waals surface area contributed by atoms with E-state index in [9.17, 15) is 5.11 Å². The first-order valence-corrected chi connectivity index (χ1v) is 6.67. The summed E-state index contributed by atoms with van der Waals surface area (Å²) < 4.78 is 0. The van der Waals surface area contributed by atoms with Gasteiger partial charge in [0.05, 0.1) is 0 Å². The smallest absolute Gasteiger partial charge is 0.115 e. The van der Waals surface area contributed by atoms with Gasteiger partial charge in [-0.05, 0) is 45.1 Å². The number of phenolic OH excluding ortho intramolecular Hbond substituents is 1. The fourth-order valence-electron chi connectivity index (χ4n) is 2.32. The molecule has 0 aromatic heterocycles. The molecule has 2 heteroatoms. The molecule has 0 saturated heterocycles. The number of benzene rings is 1. The van der Waals surface area contributed by atoms with Crippen LogP contribution in [-0.2, 0) is 0 Å². The minimum atomic E-state index is 0.333. The number of nitrogens with zero attached hydrogens (tertiary/aromatic N) is 1.